The van der Waals surface area contributed by atoms with E-state index in [1.807, 2.05) is 58.9 Å². The van der Waals surface area contributed by atoms with Gasteiger partial charge < -0.3 is 13.9 Å². The molecule has 24 heavy (non-hydrogen) atoms. The second kappa shape index (κ2) is 6.62. The molecular weight excluding hydrogens is 318 g/mol. The quantitative estimate of drug-likeness (QED) is 0.537. The van der Waals surface area contributed by atoms with E-state index in [9.17, 15) is 9.46 Å². The number of phosphoric acid groups is 1. The van der Waals surface area contributed by atoms with Crippen LogP contribution in [0.3, 0.4) is 0 Å². The fraction of sp³-hybridized carbons (Fsp3) is 0.333. The first-order valence-electron chi connectivity index (χ1n) is 7.60. The molecule has 1 aliphatic rings. The third-order valence-corrected chi connectivity index (χ3v) is 5.05. The molecule has 0 saturated heterocycles. The molecule has 0 spiro atoms. The Labute approximate surface area is 155 Å². The van der Waals surface area contributed by atoms with Gasteiger partial charge in [-0.25, -0.2) is 4.57 Å². The fourth-order valence-electron chi connectivity index (χ4n) is 3.28. The van der Waals surface area contributed by atoms with Crippen molar-refractivity contribution in [2.45, 2.75) is 40.5 Å². The van der Waals surface area contributed by atoms with E-state index in [2.05, 4.69) is 0 Å². The summed E-state index contributed by atoms with van der Waals surface area (Å²) in [6, 6.07) is 7.80. The van der Waals surface area contributed by atoms with Crippen LogP contribution >= 0.6 is 7.82 Å². The Morgan fingerprint density at radius 2 is 1.25 bits per heavy atom. The second-order valence-corrected chi connectivity index (χ2v) is 7.61. The summed E-state index contributed by atoms with van der Waals surface area (Å²) in [4.78, 5) is 12.3. The van der Waals surface area contributed by atoms with Crippen LogP contribution < -0.4 is 32.8 Å². The van der Waals surface area contributed by atoms with Crippen molar-refractivity contribution < 1.29 is 37.4 Å². The Hall–Kier alpha value is -1.17. The van der Waals surface area contributed by atoms with E-state index in [4.69, 9.17) is 9.05 Å². The summed E-state index contributed by atoms with van der Waals surface area (Å²) in [5.74, 6) is 0.731. The van der Waals surface area contributed by atoms with Gasteiger partial charge in [0.25, 0.3) is 0 Å². The van der Waals surface area contributed by atoms with Gasteiger partial charge in [0.1, 0.15) is 11.5 Å². The van der Waals surface area contributed by atoms with E-state index in [0.29, 0.717) is 11.5 Å². The minimum atomic E-state index is -4.48. The maximum absolute atomic E-state index is 12.3. The number of benzene rings is 2. The van der Waals surface area contributed by atoms with E-state index in [1.54, 1.807) is 0 Å². The number of rotatable bonds is 0. The van der Waals surface area contributed by atoms with Crippen molar-refractivity contribution in [3.05, 3.63) is 57.6 Å². The molecule has 0 saturated carbocycles. The van der Waals surface area contributed by atoms with Crippen LogP contribution in [-0.4, -0.2) is 0 Å². The molecule has 0 fully saturated rings. The summed E-state index contributed by atoms with van der Waals surface area (Å²) in [6.07, 6.45) is 0. The minimum Gasteiger partial charge on any atom is -0.736 e. The standard InChI is InChI=1S/C18H21O4P.Li/c1-10-6-12(3)17-15(8-10)14(5)16-9-11(2)7-13(4)18(16)22-23(19,20)21-17;/h6-9,14H,1-5H3,(H,19,20);/q;+1/p-1. The number of fused-ring (bicyclic) bond motifs is 2. The van der Waals surface area contributed by atoms with Crippen molar-refractivity contribution in [1.29, 1.82) is 0 Å². The summed E-state index contributed by atoms with van der Waals surface area (Å²) < 4.78 is 22.9. The molecule has 1 aliphatic heterocycles. The van der Waals surface area contributed by atoms with E-state index >= 15 is 0 Å². The Kier molecular flexibility index (Phi) is 5.28. The summed E-state index contributed by atoms with van der Waals surface area (Å²) in [5, 5.41) is 0. The Morgan fingerprint density at radius 1 is 0.875 bits per heavy atom. The van der Waals surface area contributed by atoms with Crippen LogP contribution in [0.25, 0.3) is 0 Å². The number of phosphoric ester groups is 1. The Bertz CT molecular complexity index is 782. The van der Waals surface area contributed by atoms with E-state index in [0.717, 1.165) is 33.4 Å². The van der Waals surface area contributed by atoms with Crippen molar-refractivity contribution in [3.63, 3.8) is 0 Å². The van der Waals surface area contributed by atoms with Gasteiger partial charge in [0.15, 0.2) is 0 Å². The van der Waals surface area contributed by atoms with Gasteiger partial charge in [0.05, 0.1) is 0 Å². The molecule has 0 unspecified atom stereocenters. The molecule has 2 aromatic rings. The zero-order valence-electron chi connectivity index (χ0n) is 15.0. The molecule has 0 amide bonds. The van der Waals surface area contributed by atoms with Crippen molar-refractivity contribution in [2.24, 2.45) is 0 Å². The summed E-state index contributed by atoms with van der Waals surface area (Å²) in [7, 11) is -4.48. The average molecular weight is 338 g/mol. The molecule has 6 heteroatoms. The third-order valence-electron chi connectivity index (χ3n) is 4.23. The zero-order valence-corrected chi connectivity index (χ0v) is 15.9. The largest absolute Gasteiger partial charge is 1.00 e. The molecule has 0 N–H and O–H groups in total. The maximum atomic E-state index is 12.3. The van der Waals surface area contributed by atoms with Crippen LogP contribution in [0, 0.1) is 27.7 Å². The van der Waals surface area contributed by atoms with Gasteiger partial charge >= 0.3 is 26.7 Å². The smallest absolute Gasteiger partial charge is 0.736 e. The Balaban J connectivity index is 0.00000208. The molecule has 0 radical (unpaired) electrons. The predicted molar refractivity (Wildman–Crippen MR) is 88.2 cm³/mol. The van der Waals surface area contributed by atoms with Gasteiger partial charge in [-0.2, -0.15) is 0 Å². The number of hydrogen-bond donors (Lipinski definition) is 0. The molecule has 122 valence electrons. The zero-order chi connectivity index (χ0) is 16.9. The number of hydrogen-bond acceptors (Lipinski definition) is 4. The molecule has 0 aliphatic carbocycles. The van der Waals surface area contributed by atoms with Crippen LogP contribution in [0.2, 0.25) is 0 Å². The van der Waals surface area contributed by atoms with Gasteiger partial charge in [-0.15, -0.1) is 0 Å². The van der Waals surface area contributed by atoms with Crippen LogP contribution in [0.1, 0.15) is 46.2 Å². The van der Waals surface area contributed by atoms with Crippen LogP contribution in [0.15, 0.2) is 24.3 Å². The van der Waals surface area contributed by atoms with Crippen molar-refractivity contribution in [2.75, 3.05) is 0 Å². The van der Waals surface area contributed by atoms with Gasteiger partial charge in [0.2, 0.25) is 0 Å². The molecular formula is C18H20LiO4P. The van der Waals surface area contributed by atoms with Crippen molar-refractivity contribution in [3.8, 4) is 11.5 Å². The van der Waals surface area contributed by atoms with Gasteiger partial charge in [-0.3, -0.25) is 0 Å². The maximum Gasteiger partial charge on any atom is 1.00 e. The van der Waals surface area contributed by atoms with Gasteiger partial charge in [0, 0.05) is 17.0 Å². The molecule has 2 aromatic carbocycles. The van der Waals surface area contributed by atoms with Gasteiger partial charge in [-0.1, -0.05) is 42.3 Å². The van der Waals surface area contributed by atoms with Crippen molar-refractivity contribution in [1.82, 2.24) is 0 Å². The fourth-order valence-corrected chi connectivity index (χ4v) is 4.26. The molecule has 0 bridgehead atoms. The van der Waals surface area contributed by atoms with Crippen LogP contribution in [-0.2, 0) is 4.57 Å². The Morgan fingerprint density at radius 3 is 1.62 bits per heavy atom. The summed E-state index contributed by atoms with van der Waals surface area (Å²) in [6.45, 7) is 9.73. The molecule has 3 rings (SSSR count). The number of aryl methyl sites for hydroxylation is 4. The summed E-state index contributed by atoms with van der Waals surface area (Å²) >= 11 is 0. The normalized spacial score (nSPS) is 22.0. The third kappa shape index (κ3) is 3.43. The average Bonchev–Trinajstić information content (AvgIpc) is 2.42. The van der Waals surface area contributed by atoms with Crippen LogP contribution in [0.5, 0.6) is 11.5 Å². The van der Waals surface area contributed by atoms with Crippen molar-refractivity contribution >= 4 is 7.82 Å². The van der Waals surface area contributed by atoms with Gasteiger partial charge in [-0.05, 0) is 38.8 Å². The molecule has 0 aromatic heterocycles. The first-order valence-corrected chi connectivity index (χ1v) is 9.06. The SMILES string of the molecule is Cc1cc(C)c2c(c1)C(C)c1cc(C)cc(C)c1OP(=O)([O-])O2.[Li+]. The topological polar surface area (TPSA) is 58.6 Å². The molecule has 1 heterocycles. The van der Waals surface area contributed by atoms with E-state index in [1.165, 1.54) is 0 Å². The first kappa shape index (κ1) is 19.2. The summed E-state index contributed by atoms with van der Waals surface area (Å²) in [5.41, 5.74) is 5.47. The van der Waals surface area contributed by atoms with E-state index < -0.39 is 7.82 Å². The molecule has 0 atom stereocenters. The monoisotopic (exact) mass is 338 g/mol. The van der Waals surface area contributed by atoms with E-state index in [-0.39, 0.29) is 24.8 Å². The van der Waals surface area contributed by atoms with Crippen LogP contribution in [0.4, 0.5) is 0 Å². The predicted octanol–water partition coefficient (Wildman–Crippen LogP) is 1.32. The minimum absolute atomic E-state index is 0. The molecule has 4 nitrogen and oxygen atoms in total. The second-order valence-electron chi connectivity index (χ2n) is 6.35. The first-order chi connectivity index (χ1) is 10.7.